The molecule has 10 bridgehead atoms. The summed E-state index contributed by atoms with van der Waals surface area (Å²) in [4.78, 5) is 19.3. The molecule has 0 spiro atoms. The lowest BCUT2D eigenvalue weighted by Crippen LogP contribution is -2.18. The molecule has 0 aliphatic carbocycles. The molecule has 2 aromatic heterocycles. The number of fused-ring (bicyclic) bond motifs is 7. The lowest BCUT2D eigenvalue weighted by atomic mass is 10.00. The van der Waals surface area contributed by atoms with Gasteiger partial charge < -0.3 is 25.0 Å². The van der Waals surface area contributed by atoms with Gasteiger partial charge in [-0.3, -0.25) is 0 Å². The molecule has 4 aliphatic rings. The normalized spacial score (nSPS) is 15.4. The third kappa shape index (κ3) is 6.56. The Kier molecular flexibility index (Phi) is 8.64. The van der Waals surface area contributed by atoms with Crippen molar-refractivity contribution in [3.63, 3.8) is 0 Å². The summed E-state index contributed by atoms with van der Waals surface area (Å²) in [5, 5.41) is 1.82. The fourth-order valence-corrected chi connectivity index (χ4v) is 7.49. The largest absolute Gasteiger partial charge is 0.497 e. The van der Waals surface area contributed by atoms with Crippen LogP contribution in [0.2, 0.25) is 0 Å². The quantitative estimate of drug-likeness (QED) is 0.149. The molecule has 4 aromatic carbocycles. The second-order valence-electron chi connectivity index (χ2n) is 14.5. The highest BCUT2D eigenvalue weighted by atomic mass is 16.5. The number of hydrazine groups is 1. The highest BCUT2D eigenvalue weighted by molar-refractivity contribution is 6.32. The van der Waals surface area contributed by atoms with Crippen LogP contribution in [0.1, 0.15) is 27.8 Å². The number of ether oxygens (including phenoxy) is 1. The molecule has 0 atom stereocenters. The van der Waals surface area contributed by atoms with Gasteiger partial charge in [-0.25, -0.2) is 15.0 Å². The van der Waals surface area contributed by atoms with Crippen LogP contribution < -0.4 is 37.1 Å². The van der Waals surface area contributed by atoms with Gasteiger partial charge in [-0.1, -0.05) is 71.8 Å². The maximum Gasteiger partial charge on any atom is 0.137 e. The Bertz CT molecular complexity index is 3110. The molecule has 10 rings (SSSR count). The minimum Gasteiger partial charge on any atom is -0.497 e. The SMILES string of the molecule is COc1ccc(NNc2ccc(C3=c4ccc([nH]4)=C4C=CC(=N4)C(c4ccc(C)cc4)=c4ccc(o4)=C(c4ccc(C)cc4)C4=NC(=C5C=CC3=N5)C=C4)cc2)cc1. The number of nitrogens with one attached hydrogen (secondary N) is 3. The Hall–Kier alpha value is -7.71. The topological polar surface area (TPSA) is 99.3 Å². The first-order valence-corrected chi connectivity index (χ1v) is 19.2. The number of anilines is 2. The van der Waals surface area contributed by atoms with E-state index in [9.17, 15) is 0 Å². The van der Waals surface area contributed by atoms with Crippen LogP contribution in [0.5, 0.6) is 5.75 Å². The van der Waals surface area contributed by atoms with Crippen LogP contribution in [0.4, 0.5) is 11.4 Å². The van der Waals surface area contributed by atoms with Crippen LogP contribution in [0.3, 0.4) is 0 Å². The third-order valence-corrected chi connectivity index (χ3v) is 10.6. The molecule has 6 aromatic rings. The van der Waals surface area contributed by atoms with Crippen molar-refractivity contribution in [3.8, 4) is 5.75 Å². The summed E-state index contributed by atoms with van der Waals surface area (Å²) in [7, 11) is 1.66. The van der Waals surface area contributed by atoms with Crippen molar-refractivity contribution in [2.24, 2.45) is 15.0 Å². The molecule has 8 nitrogen and oxygen atoms in total. The summed E-state index contributed by atoms with van der Waals surface area (Å²) in [5.41, 5.74) is 22.9. The van der Waals surface area contributed by atoms with E-state index in [4.69, 9.17) is 24.1 Å². The van der Waals surface area contributed by atoms with E-state index in [1.54, 1.807) is 7.11 Å². The predicted molar refractivity (Wildman–Crippen MR) is 235 cm³/mol. The van der Waals surface area contributed by atoms with Crippen LogP contribution in [0.25, 0.3) is 22.4 Å². The van der Waals surface area contributed by atoms with Gasteiger partial charge in [-0.2, -0.15) is 0 Å². The van der Waals surface area contributed by atoms with Crippen molar-refractivity contribution in [2.75, 3.05) is 18.0 Å². The molecule has 0 saturated carbocycles. The number of aromatic nitrogens is 1. The number of nitrogens with zero attached hydrogens (tertiary/aromatic N) is 3. The number of hydrogen-bond donors (Lipinski definition) is 3. The number of methoxy groups -OCH3 is 1. The lowest BCUT2D eigenvalue weighted by molar-refractivity contribution is 0.415. The molecule has 0 amide bonds. The summed E-state index contributed by atoms with van der Waals surface area (Å²) in [6, 6.07) is 41.4. The molecular formula is C50H38N6O2. The number of aromatic amines is 1. The van der Waals surface area contributed by atoms with Gasteiger partial charge in [-0.05, 0) is 128 Å². The van der Waals surface area contributed by atoms with E-state index in [2.05, 4.69) is 139 Å². The minimum absolute atomic E-state index is 0.721. The standard InChI is InChI=1S/C50H38N6O2/c1-30-4-8-33(9-5-30)49-44-26-22-40(53-44)38-20-24-42(51-38)48(32-12-14-35(15-13-32)55-56-36-16-18-37(57-3)19-17-36)43-25-21-39(52-43)41-23-27-45(54-41)50(47-29-28-46(49)58-47)34-10-6-31(2)7-11-34/h4-29,51,55-56H,1-3H3. The molecular weight excluding hydrogens is 717 g/mol. The van der Waals surface area contributed by atoms with Crippen LogP contribution >= 0.6 is 0 Å². The molecule has 4 aliphatic heterocycles. The van der Waals surface area contributed by atoms with Gasteiger partial charge in [0.1, 0.15) is 16.6 Å². The number of aliphatic imine (C=N–C) groups is 3. The highest BCUT2D eigenvalue weighted by Crippen LogP contribution is 2.29. The Morgan fingerprint density at radius 2 is 0.879 bits per heavy atom. The summed E-state index contributed by atoms with van der Waals surface area (Å²) in [6.07, 6.45) is 12.3. The van der Waals surface area contributed by atoms with E-state index in [1.807, 2.05) is 48.6 Å². The zero-order chi connectivity index (χ0) is 39.2. The van der Waals surface area contributed by atoms with Crippen molar-refractivity contribution in [3.05, 3.63) is 219 Å². The van der Waals surface area contributed by atoms with Gasteiger partial charge in [0.05, 0.1) is 69.2 Å². The van der Waals surface area contributed by atoms with Crippen molar-refractivity contribution >= 4 is 50.9 Å². The monoisotopic (exact) mass is 754 g/mol. The zero-order valence-corrected chi connectivity index (χ0v) is 32.2. The number of rotatable bonds is 7. The van der Waals surface area contributed by atoms with Gasteiger partial charge in [0.25, 0.3) is 0 Å². The Balaban J connectivity index is 1.16. The molecule has 6 heterocycles. The second kappa shape index (κ2) is 14.4. The van der Waals surface area contributed by atoms with Gasteiger partial charge >= 0.3 is 0 Å². The van der Waals surface area contributed by atoms with Crippen LogP contribution in [-0.4, -0.2) is 29.2 Å². The molecule has 0 unspecified atom stereocenters. The van der Waals surface area contributed by atoms with Crippen molar-refractivity contribution in [2.45, 2.75) is 13.8 Å². The van der Waals surface area contributed by atoms with Crippen molar-refractivity contribution in [1.82, 2.24) is 4.98 Å². The first kappa shape index (κ1) is 34.8. The molecule has 8 heteroatoms. The Morgan fingerprint density at radius 1 is 0.448 bits per heavy atom. The lowest BCUT2D eigenvalue weighted by Gasteiger charge is -2.12. The van der Waals surface area contributed by atoms with Crippen molar-refractivity contribution in [1.29, 1.82) is 0 Å². The summed E-state index contributed by atoms with van der Waals surface area (Å²) in [6.45, 7) is 4.19. The fourth-order valence-electron chi connectivity index (χ4n) is 7.49. The third-order valence-electron chi connectivity index (χ3n) is 10.6. The Labute approximate surface area is 335 Å². The fraction of sp³-hybridized carbons (Fsp3) is 0.0600. The maximum absolute atomic E-state index is 6.84. The summed E-state index contributed by atoms with van der Waals surface area (Å²) >= 11 is 0. The van der Waals surface area contributed by atoms with Gasteiger partial charge in [0.2, 0.25) is 0 Å². The first-order valence-electron chi connectivity index (χ1n) is 19.2. The number of allylic oxidation sites excluding steroid dienone is 5. The van der Waals surface area contributed by atoms with E-state index >= 15 is 0 Å². The smallest absolute Gasteiger partial charge is 0.137 e. The molecule has 0 saturated heterocycles. The van der Waals surface area contributed by atoms with E-state index in [0.717, 1.165) is 106 Å². The molecule has 0 radical (unpaired) electrons. The van der Waals surface area contributed by atoms with E-state index in [0.29, 0.717) is 0 Å². The second-order valence-corrected chi connectivity index (χ2v) is 14.5. The molecule has 280 valence electrons. The average molecular weight is 755 g/mol. The minimum atomic E-state index is 0.721. The molecule has 58 heavy (non-hydrogen) atoms. The predicted octanol–water partition coefficient (Wildman–Crippen LogP) is 7.34. The average Bonchev–Trinajstić information content (AvgIpc) is 4.11. The van der Waals surface area contributed by atoms with Crippen LogP contribution in [-0.2, 0) is 0 Å². The van der Waals surface area contributed by atoms with Crippen LogP contribution in [0.15, 0.2) is 189 Å². The highest BCUT2D eigenvalue weighted by Gasteiger charge is 2.22. The number of H-pyrrole nitrogens is 1. The number of benzene rings is 4. The van der Waals surface area contributed by atoms with Crippen LogP contribution in [0, 0.1) is 13.8 Å². The van der Waals surface area contributed by atoms with Gasteiger partial charge in [-0.15, -0.1) is 0 Å². The van der Waals surface area contributed by atoms with Gasteiger partial charge in [0.15, 0.2) is 0 Å². The number of hydrogen-bond acceptors (Lipinski definition) is 7. The summed E-state index contributed by atoms with van der Waals surface area (Å²) < 4.78 is 12.1. The first-order chi connectivity index (χ1) is 28.5. The molecule has 0 fully saturated rings. The summed E-state index contributed by atoms with van der Waals surface area (Å²) in [5.74, 6) is 0.806. The molecule has 3 N–H and O–H groups in total. The van der Waals surface area contributed by atoms with Crippen molar-refractivity contribution < 1.29 is 9.15 Å². The van der Waals surface area contributed by atoms with E-state index < -0.39 is 0 Å². The zero-order valence-electron chi connectivity index (χ0n) is 32.2. The maximum atomic E-state index is 6.84. The number of furan rings is 1. The number of aryl methyl sites for hydroxylation is 2. The van der Waals surface area contributed by atoms with Gasteiger partial charge in [0, 0.05) is 10.9 Å². The Morgan fingerprint density at radius 3 is 1.41 bits per heavy atom. The van der Waals surface area contributed by atoms with E-state index in [1.165, 1.54) is 11.1 Å². The van der Waals surface area contributed by atoms with E-state index in [-0.39, 0.29) is 0 Å².